The van der Waals surface area contributed by atoms with Gasteiger partial charge in [-0.3, -0.25) is 4.99 Å². The van der Waals surface area contributed by atoms with Crippen LogP contribution in [0.25, 0.3) is 6.20 Å². The van der Waals surface area contributed by atoms with Gasteiger partial charge in [-0.2, -0.15) is 0 Å². The fourth-order valence-corrected chi connectivity index (χ4v) is 3.36. The summed E-state index contributed by atoms with van der Waals surface area (Å²) in [6.45, 7) is 0.992. The lowest BCUT2D eigenvalue weighted by molar-refractivity contribution is 0.302. The van der Waals surface area contributed by atoms with Crippen LogP contribution in [0.1, 0.15) is 23.7 Å². The quantitative estimate of drug-likeness (QED) is 0.698. The van der Waals surface area contributed by atoms with Crippen molar-refractivity contribution in [1.29, 1.82) is 0 Å². The molecule has 0 aromatic heterocycles. The van der Waals surface area contributed by atoms with Gasteiger partial charge in [0.15, 0.2) is 0 Å². The van der Waals surface area contributed by atoms with Gasteiger partial charge in [-0.15, -0.1) is 0 Å². The van der Waals surface area contributed by atoms with E-state index in [2.05, 4.69) is 96.0 Å². The zero-order valence-electron chi connectivity index (χ0n) is 14.3. The molecule has 0 saturated heterocycles. The van der Waals surface area contributed by atoms with Crippen molar-refractivity contribution in [2.45, 2.75) is 19.0 Å². The molecule has 1 unspecified atom stereocenters. The summed E-state index contributed by atoms with van der Waals surface area (Å²) in [5.74, 6) is 0. The number of benzene rings is 3. The third kappa shape index (κ3) is 3.63. The number of para-hydroxylation sites is 1. The maximum Gasteiger partial charge on any atom is 0.147 e. The summed E-state index contributed by atoms with van der Waals surface area (Å²) >= 11 is 0. The summed E-state index contributed by atoms with van der Waals surface area (Å²) < 4.78 is 0. The van der Waals surface area contributed by atoms with Gasteiger partial charge in [0.25, 0.3) is 0 Å². The molecule has 3 aromatic rings. The van der Waals surface area contributed by atoms with Crippen molar-refractivity contribution in [3.63, 3.8) is 0 Å². The van der Waals surface area contributed by atoms with Crippen molar-refractivity contribution < 1.29 is 0 Å². The smallest absolute Gasteiger partial charge is 0.147 e. The minimum absolute atomic E-state index is 0.0619. The largest absolute Gasteiger partial charge is 0.352 e. The Kier molecular flexibility index (Phi) is 4.60. The van der Waals surface area contributed by atoms with Crippen LogP contribution in [0.2, 0.25) is 0 Å². The summed E-state index contributed by atoms with van der Waals surface area (Å²) in [5.41, 5.74) is 2.64. The molecule has 1 aliphatic heterocycles. The molecule has 0 fully saturated rings. The average molecular weight is 326 g/mol. The van der Waals surface area contributed by atoms with Gasteiger partial charge < -0.3 is 4.90 Å². The van der Waals surface area contributed by atoms with Gasteiger partial charge in [0.2, 0.25) is 0 Å². The number of aryl methyl sites for hydroxylation is 1. The van der Waals surface area contributed by atoms with Gasteiger partial charge in [0.05, 0.1) is 5.36 Å². The zero-order valence-corrected chi connectivity index (χ0v) is 14.3. The minimum Gasteiger partial charge on any atom is -0.352 e. The van der Waals surface area contributed by atoms with Crippen LogP contribution in [0.5, 0.6) is 0 Å². The standard InChI is InChI=1S/C23H22N2/c1-3-10-19(11-4-1)12-9-17-25-18-21-15-7-8-16-22(21)24-23(25)20-13-5-2-6-14-20/h1-8,10-11,13-16,18,23H,9,12,17H2. The first-order valence-electron chi connectivity index (χ1n) is 8.89. The highest BCUT2D eigenvalue weighted by atomic mass is 15.2. The zero-order chi connectivity index (χ0) is 16.9. The number of fused-ring (bicyclic) bond motifs is 1. The predicted molar refractivity (Wildman–Crippen MR) is 102 cm³/mol. The molecule has 124 valence electrons. The van der Waals surface area contributed by atoms with Crippen molar-refractivity contribution in [3.8, 4) is 0 Å². The number of nitrogens with zero attached hydrogens (tertiary/aromatic N) is 2. The summed E-state index contributed by atoms with van der Waals surface area (Å²) in [4.78, 5) is 7.39. The first-order chi connectivity index (χ1) is 12.4. The fraction of sp³-hybridized carbons (Fsp3) is 0.174. The summed E-state index contributed by atoms with van der Waals surface area (Å²) in [7, 11) is 0. The highest BCUT2D eigenvalue weighted by Crippen LogP contribution is 2.23. The molecule has 1 aliphatic rings. The molecule has 2 heteroatoms. The van der Waals surface area contributed by atoms with Crippen LogP contribution < -0.4 is 10.6 Å². The second-order valence-corrected chi connectivity index (χ2v) is 6.43. The van der Waals surface area contributed by atoms with Gasteiger partial charge in [-0.1, -0.05) is 78.9 Å². The van der Waals surface area contributed by atoms with Gasteiger partial charge in [0, 0.05) is 18.0 Å². The lowest BCUT2D eigenvalue weighted by Crippen LogP contribution is -2.38. The molecule has 3 aromatic carbocycles. The van der Waals surface area contributed by atoms with Crippen LogP contribution in [-0.4, -0.2) is 11.4 Å². The second kappa shape index (κ2) is 7.35. The van der Waals surface area contributed by atoms with Gasteiger partial charge in [-0.05, 0) is 30.0 Å². The third-order valence-corrected chi connectivity index (χ3v) is 4.64. The van der Waals surface area contributed by atoms with Crippen LogP contribution in [0.15, 0.2) is 89.9 Å². The van der Waals surface area contributed by atoms with Crippen LogP contribution in [0.4, 0.5) is 0 Å². The molecule has 0 aliphatic carbocycles. The topological polar surface area (TPSA) is 15.6 Å². The van der Waals surface area contributed by atoms with Crippen LogP contribution in [0, 0.1) is 0 Å². The molecule has 1 atom stereocenters. The van der Waals surface area contributed by atoms with Crippen molar-refractivity contribution >= 4 is 6.20 Å². The van der Waals surface area contributed by atoms with E-state index in [0.717, 1.165) is 24.7 Å². The van der Waals surface area contributed by atoms with E-state index in [1.165, 1.54) is 16.3 Å². The molecule has 0 spiro atoms. The highest BCUT2D eigenvalue weighted by Gasteiger charge is 2.18. The monoisotopic (exact) mass is 326 g/mol. The lowest BCUT2D eigenvalue weighted by atomic mass is 10.1. The number of hydrogen-bond donors (Lipinski definition) is 0. The van der Waals surface area contributed by atoms with Crippen LogP contribution in [0.3, 0.4) is 0 Å². The first-order valence-corrected chi connectivity index (χ1v) is 8.89. The minimum atomic E-state index is 0.0619. The molecule has 0 N–H and O–H groups in total. The van der Waals surface area contributed by atoms with Gasteiger partial charge in [-0.25, -0.2) is 0 Å². The molecule has 0 amide bonds. The maximum atomic E-state index is 5.02. The molecular formula is C23H22N2. The first kappa shape index (κ1) is 15.6. The van der Waals surface area contributed by atoms with Crippen LogP contribution in [-0.2, 0) is 6.42 Å². The van der Waals surface area contributed by atoms with E-state index in [0.29, 0.717) is 0 Å². The van der Waals surface area contributed by atoms with Gasteiger partial charge >= 0.3 is 0 Å². The third-order valence-electron chi connectivity index (χ3n) is 4.64. The van der Waals surface area contributed by atoms with Gasteiger partial charge in [0.1, 0.15) is 6.17 Å². The highest BCUT2D eigenvalue weighted by molar-refractivity contribution is 5.30. The Morgan fingerprint density at radius 2 is 1.44 bits per heavy atom. The Bertz CT molecular complexity index is 933. The SMILES string of the molecule is C1=c2ccccc2=NC(c2ccccc2)N1CCCc1ccccc1. The maximum absolute atomic E-state index is 5.02. The van der Waals surface area contributed by atoms with E-state index in [4.69, 9.17) is 4.99 Å². The Labute approximate surface area is 148 Å². The Balaban J connectivity index is 1.58. The Morgan fingerprint density at radius 3 is 2.24 bits per heavy atom. The lowest BCUT2D eigenvalue weighted by Gasteiger charge is -2.30. The normalized spacial score (nSPS) is 15.8. The molecule has 4 rings (SSSR count). The molecule has 0 bridgehead atoms. The summed E-state index contributed by atoms with van der Waals surface area (Å²) in [6.07, 6.45) is 4.53. The molecule has 1 heterocycles. The average Bonchev–Trinajstić information content (AvgIpc) is 2.69. The van der Waals surface area contributed by atoms with Crippen molar-refractivity contribution in [3.05, 3.63) is 107 Å². The molecule has 25 heavy (non-hydrogen) atoms. The molecule has 0 radical (unpaired) electrons. The number of hydrogen-bond acceptors (Lipinski definition) is 2. The Morgan fingerprint density at radius 1 is 0.760 bits per heavy atom. The van der Waals surface area contributed by atoms with E-state index in [9.17, 15) is 0 Å². The van der Waals surface area contributed by atoms with E-state index in [-0.39, 0.29) is 6.17 Å². The summed E-state index contributed by atoms with van der Waals surface area (Å²) in [5, 5.41) is 2.28. The van der Waals surface area contributed by atoms with E-state index < -0.39 is 0 Å². The van der Waals surface area contributed by atoms with E-state index in [1.54, 1.807) is 0 Å². The second-order valence-electron chi connectivity index (χ2n) is 6.43. The molecule has 2 nitrogen and oxygen atoms in total. The van der Waals surface area contributed by atoms with Crippen molar-refractivity contribution in [1.82, 2.24) is 4.90 Å². The van der Waals surface area contributed by atoms with E-state index in [1.807, 2.05) is 0 Å². The molecular weight excluding hydrogens is 304 g/mol. The predicted octanol–water partition coefficient (Wildman–Crippen LogP) is 3.69. The summed E-state index contributed by atoms with van der Waals surface area (Å²) in [6, 6.07) is 29.7. The fourth-order valence-electron chi connectivity index (χ4n) is 3.36. The Hall–Kier alpha value is -2.87. The van der Waals surface area contributed by atoms with Crippen LogP contribution >= 0.6 is 0 Å². The number of rotatable bonds is 5. The van der Waals surface area contributed by atoms with E-state index >= 15 is 0 Å². The van der Waals surface area contributed by atoms with Crippen molar-refractivity contribution in [2.24, 2.45) is 4.99 Å². The van der Waals surface area contributed by atoms with Crippen molar-refractivity contribution in [2.75, 3.05) is 6.54 Å². The molecule has 0 saturated carbocycles.